The van der Waals surface area contributed by atoms with Crippen LogP contribution in [0.25, 0.3) is 11.1 Å². The average molecular weight is 228 g/mol. The maximum atomic E-state index is 12.9. The van der Waals surface area contributed by atoms with E-state index in [0.29, 0.717) is 0 Å². The van der Waals surface area contributed by atoms with E-state index in [9.17, 15) is 18.4 Å². The molecule has 2 rings (SSSR count). The number of halogens is 2. The van der Waals surface area contributed by atoms with E-state index >= 15 is 0 Å². The molecule has 0 bridgehead atoms. The topological polar surface area (TPSA) is 78.2 Å². The second kappa shape index (κ2) is 3.44. The summed E-state index contributed by atoms with van der Waals surface area (Å²) in [5.74, 6) is -3.94. The Morgan fingerprint density at radius 2 is 2.00 bits per heavy atom. The van der Waals surface area contributed by atoms with Gasteiger partial charge < -0.3 is 10.2 Å². The molecule has 2 N–H and O–H groups in total. The van der Waals surface area contributed by atoms with Gasteiger partial charge in [-0.05, 0) is 0 Å². The molecule has 0 unspecified atom stereocenters. The van der Waals surface area contributed by atoms with Gasteiger partial charge >= 0.3 is 5.76 Å². The van der Waals surface area contributed by atoms with E-state index in [1.807, 2.05) is 0 Å². The fourth-order valence-electron chi connectivity index (χ4n) is 1.36. The third kappa shape index (κ3) is 1.56. The minimum Gasteiger partial charge on any atom is -0.408 e. The van der Waals surface area contributed by atoms with Crippen LogP contribution >= 0.6 is 0 Å². The molecule has 0 atom stereocenters. The van der Waals surface area contributed by atoms with Crippen LogP contribution in [0, 0.1) is 11.6 Å². The smallest absolute Gasteiger partial charge is 0.408 e. The number of benzene rings is 1. The molecular weight excluding hydrogens is 222 g/mol. The number of primary amides is 1. The van der Waals surface area contributed by atoms with Crippen LogP contribution in [0.4, 0.5) is 8.78 Å². The standard InChI is InChI=1S/C9H6F2N2O3/c10-4-1-6-7(2-5(4)11)16-9(15)13(6)3-8(12)14/h1-2H,3H2,(H2,12,14). The van der Waals surface area contributed by atoms with Gasteiger partial charge in [0, 0.05) is 12.1 Å². The van der Waals surface area contributed by atoms with Crippen molar-refractivity contribution in [2.75, 3.05) is 0 Å². The first-order chi connectivity index (χ1) is 7.49. The van der Waals surface area contributed by atoms with Gasteiger partial charge in [-0.25, -0.2) is 13.6 Å². The fraction of sp³-hybridized carbons (Fsp3) is 0.111. The van der Waals surface area contributed by atoms with E-state index in [2.05, 4.69) is 4.42 Å². The summed E-state index contributed by atoms with van der Waals surface area (Å²) in [5, 5.41) is 0. The van der Waals surface area contributed by atoms with Gasteiger partial charge in [0.25, 0.3) is 0 Å². The zero-order valence-corrected chi connectivity index (χ0v) is 7.87. The number of carbonyl (C=O) groups is 1. The van der Waals surface area contributed by atoms with E-state index in [-0.39, 0.29) is 11.1 Å². The van der Waals surface area contributed by atoms with Crippen molar-refractivity contribution in [2.24, 2.45) is 5.73 Å². The Morgan fingerprint density at radius 3 is 2.62 bits per heavy atom. The van der Waals surface area contributed by atoms with Crippen LogP contribution in [0.2, 0.25) is 0 Å². The number of nitrogens with two attached hydrogens (primary N) is 1. The van der Waals surface area contributed by atoms with Crippen molar-refractivity contribution in [3.8, 4) is 0 Å². The summed E-state index contributed by atoms with van der Waals surface area (Å²) in [6.45, 7) is -0.448. The lowest BCUT2D eigenvalue weighted by Crippen LogP contribution is -2.24. The molecule has 2 aromatic rings. The first-order valence-corrected chi connectivity index (χ1v) is 4.25. The van der Waals surface area contributed by atoms with Gasteiger partial charge in [-0.3, -0.25) is 9.36 Å². The first kappa shape index (κ1) is 10.3. The molecule has 16 heavy (non-hydrogen) atoms. The normalized spacial score (nSPS) is 10.9. The SMILES string of the molecule is NC(=O)Cn1c(=O)oc2cc(F)c(F)cc21. The molecule has 84 valence electrons. The molecule has 1 aromatic heterocycles. The van der Waals surface area contributed by atoms with Gasteiger partial charge in [0.2, 0.25) is 5.91 Å². The molecule has 0 spiro atoms. The number of rotatable bonds is 2. The van der Waals surface area contributed by atoms with Crippen LogP contribution in [0.15, 0.2) is 21.3 Å². The average Bonchev–Trinajstić information content (AvgIpc) is 2.45. The second-order valence-electron chi connectivity index (χ2n) is 3.15. The van der Waals surface area contributed by atoms with Gasteiger partial charge in [-0.15, -0.1) is 0 Å². The second-order valence-corrected chi connectivity index (χ2v) is 3.15. The van der Waals surface area contributed by atoms with Crippen LogP contribution in [-0.4, -0.2) is 10.5 Å². The lowest BCUT2D eigenvalue weighted by Gasteiger charge is -1.97. The van der Waals surface area contributed by atoms with Crippen LogP contribution in [0.5, 0.6) is 0 Å². The number of fused-ring (bicyclic) bond motifs is 1. The largest absolute Gasteiger partial charge is 0.420 e. The Balaban J connectivity index is 2.74. The van der Waals surface area contributed by atoms with Gasteiger partial charge in [0.1, 0.15) is 6.54 Å². The van der Waals surface area contributed by atoms with Crippen LogP contribution in [0.1, 0.15) is 0 Å². The molecule has 0 aliphatic heterocycles. The van der Waals surface area contributed by atoms with Crippen molar-refractivity contribution in [1.82, 2.24) is 4.57 Å². The summed E-state index contributed by atoms with van der Waals surface area (Å²) in [5.41, 5.74) is 4.76. The monoisotopic (exact) mass is 228 g/mol. The maximum absolute atomic E-state index is 12.9. The molecule has 7 heteroatoms. The van der Waals surface area contributed by atoms with Gasteiger partial charge in [-0.2, -0.15) is 0 Å². The van der Waals surface area contributed by atoms with Crippen molar-refractivity contribution in [1.29, 1.82) is 0 Å². The van der Waals surface area contributed by atoms with Gasteiger partial charge in [0.05, 0.1) is 5.52 Å². The Bertz CT molecular complexity index is 629. The Labute approximate surface area is 87.1 Å². The molecule has 0 fully saturated rings. The van der Waals surface area contributed by atoms with Crippen molar-refractivity contribution in [2.45, 2.75) is 6.54 Å². The molecular formula is C9H6F2N2O3. The van der Waals surface area contributed by atoms with Crippen molar-refractivity contribution < 1.29 is 18.0 Å². The van der Waals surface area contributed by atoms with Crippen molar-refractivity contribution in [3.63, 3.8) is 0 Å². The molecule has 0 saturated heterocycles. The number of hydrogen-bond donors (Lipinski definition) is 1. The van der Waals surface area contributed by atoms with Crippen molar-refractivity contribution in [3.05, 3.63) is 34.3 Å². The number of oxazole rings is 1. The lowest BCUT2D eigenvalue weighted by molar-refractivity contribution is -0.118. The zero-order valence-electron chi connectivity index (χ0n) is 7.87. The predicted octanol–water partition coefficient (Wildman–Crippen LogP) is 0.358. The van der Waals surface area contributed by atoms with E-state index in [1.54, 1.807) is 0 Å². The molecule has 0 saturated carbocycles. The Morgan fingerprint density at radius 1 is 1.38 bits per heavy atom. The van der Waals surface area contributed by atoms with Crippen LogP contribution in [0.3, 0.4) is 0 Å². The highest BCUT2D eigenvalue weighted by atomic mass is 19.2. The minimum atomic E-state index is -1.13. The summed E-state index contributed by atoms with van der Waals surface area (Å²) in [7, 11) is 0. The maximum Gasteiger partial charge on any atom is 0.420 e. The molecule has 1 aromatic carbocycles. The minimum absolute atomic E-state index is 0.0114. The zero-order chi connectivity index (χ0) is 11.9. The highest BCUT2D eigenvalue weighted by Gasteiger charge is 2.14. The number of aromatic nitrogens is 1. The predicted molar refractivity (Wildman–Crippen MR) is 49.6 cm³/mol. The van der Waals surface area contributed by atoms with E-state index in [4.69, 9.17) is 5.73 Å². The first-order valence-electron chi connectivity index (χ1n) is 4.25. The van der Waals surface area contributed by atoms with E-state index in [0.717, 1.165) is 16.7 Å². The highest BCUT2D eigenvalue weighted by molar-refractivity contribution is 5.78. The lowest BCUT2D eigenvalue weighted by atomic mass is 10.3. The molecule has 0 aliphatic rings. The quantitative estimate of drug-likeness (QED) is 0.805. The summed E-state index contributed by atoms with van der Waals surface area (Å²) >= 11 is 0. The molecule has 1 heterocycles. The van der Waals surface area contributed by atoms with E-state index in [1.165, 1.54) is 0 Å². The van der Waals surface area contributed by atoms with Crippen LogP contribution in [-0.2, 0) is 11.3 Å². The summed E-state index contributed by atoms with van der Waals surface area (Å²) in [6, 6.07) is 1.52. The highest BCUT2D eigenvalue weighted by Crippen LogP contribution is 2.17. The van der Waals surface area contributed by atoms with Gasteiger partial charge in [-0.1, -0.05) is 0 Å². The Kier molecular flexibility index (Phi) is 2.22. The third-order valence-corrected chi connectivity index (χ3v) is 2.02. The summed E-state index contributed by atoms with van der Waals surface area (Å²) in [6.07, 6.45) is 0. The number of carbonyl (C=O) groups excluding carboxylic acids is 1. The number of nitrogens with zero attached hydrogens (tertiary/aromatic N) is 1. The molecule has 0 aliphatic carbocycles. The molecule has 1 amide bonds. The third-order valence-electron chi connectivity index (χ3n) is 2.02. The van der Waals surface area contributed by atoms with Crippen LogP contribution < -0.4 is 11.5 Å². The van der Waals surface area contributed by atoms with Crippen molar-refractivity contribution >= 4 is 17.0 Å². The molecule has 5 nitrogen and oxygen atoms in total. The number of hydrogen-bond acceptors (Lipinski definition) is 3. The van der Waals surface area contributed by atoms with E-state index < -0.39 is 29.8 Å². The molecule has 0 radical (unpaired) electrons. The summed E-state index contributed by atoms with van der Waals surface area (Å²) in [4.78, 5) is 21.9. The Hall–Kier alpha value is -2.18. The number of amides is 1. The van der Waals surface area contributed by atoms with Gasteiger partial charge in [0.15, 0.2) is 17.2 Å². The fourth-order valence-corrected chi connectivity index (χ4v) is 1.36. The summed E-state index contributed by atoms with van der Waals surface area (Å²) < 4.78 is 31.2.